The van der Waals surface area contributed by atoms with Gasteiger partial charge in [-0.05, 0) is 67.2 Å². The second-order valence-corrected chi connectivity index (χ2v) is 11.8. The van der Waals surface area contributed by atoms with E-state index in [0.717, 1.165) is 36.7 Å². The first-order chi connectivity index (χ1) is 17.8. The molecule has 7 nitrogen and oxygen atoms in total. The highest BCUT2D eigenvalue weighted by Gasteiger charge is 2.40. The largest absolute Gasteiger partial charge is 0.485 e. The van der Waals surface area contributed by atoms with Gasteiger partial charge < -0.3 is 4.74 Å². The Morgan fingerprint density at radius 2 is 1.97 bits per heavy atom. The van der Waals surface area contributed by atoms with Crippen LogP contribution in [0.2, 0.25) is 0 Å². The summed E-state index contributed by atoms with van der Waals surface area (Å²) in [6.07, 6.45) is 0.478. The molecule has 1 saturated heterocycles. The number of likely N-dealkylation sites (N-methyl/N-ethyl adjacent to an activating group) is 1. The van der Waals surface area contributed by atoms with Gasteiger partial charge in [-0.2, -0.15) is 18.2 Å². The molecule has 3 atom stereocenters. The molecule has 0 spiro atoms. The molecular formula is C26H29F4N4O3S+. The van der Waals surface area contributed by atoms with E-state index in [1.54, 1.807) is 19.2 Å². The van der Waals surface area contributed by atoms with Crippen LogP contribution in [0.1, 0.15) is 34.6 Å². The summed E-state index contributed by atoms with van der Waals surface area (Å²) in [7, 11) is -2.22. The molecule has 2 aromatic rings. The third kappa shape index (κ3) is 5.49. The molecule has 3 unspecified atom stereocenters. The normalized spacial score (nSPS) is 25.3. The van der Waals surface area contributed by atoms with Crippen LogP contribution in [-0.4, -0.2) is 63.5 Å². The van der Waals surface area contributed by atoms with Crippen molar-refractivity contribution >= 4 is 16.4 Å². The highest BCUT2D eigenvalue weighted by atomic mass is 32.2. The van der Waals surface area contributed by atoms with Crippen LogP contribution in [0.4, 0.5) is 17.6 Å². The summed E-state index contributed by atoms with van der Waals surface area (Å²) in [5, 5.41) is 4.90. The molecule has 2 heterocycles. The van der Waals surface area contributed by atoms with Crippen LogP contribution in [0.5, 0.6) is 5.75 Å². The summed E-state index contributed by atoms with van der Waals surface area (Å²) in [5.41, 5.74) is 1.63. The molecule has 0 amide bonds. The van der Waals surface area contributed by atoms with Crippen molar-refractivity contribution in [2.45, 2.75) is 37.4 Å². The lowest BCUT2D eigenvalue weighted by Crippen LogP contribution is -2.47. The maximum absolute atomic E-state index is 15.0. The number of fused-ring (bicyclic) bond motifs is 1. The second kappa shape index (κ2) is 9.74. The van der Waals surface area contributed by atoms with Gasteiger partial charge in [-0.1, -0.05) is 18.2 Å². The van der Waals surface area contributed by atoms with Crippen LogP contribution in [0.25, 0.3) is 0 Å². The first-order valence-electron chi connectivity index (χ1n) is 12.3. The summed E-state index contributed by atoms with van der Waals surface area (Å²) >= 11 is 0. The number of hydrogen-bond donors (Lipinski definition) is 1. The Kier molecular flexibility index (Phi) is 6.87. The molecule has 2 N–H and O–H groups in total. The monoisotopic (exact) mass is 553 g/mol. The maximum Gasteiger partial charge on any atom is 0.416 e. The fraction of sp³-hybridized carbons (Fsp3) is 0.423. The SMILES string of the molecule is C[N+]1(CCOc2cc3c(cc2F)CC(N2CCC2)C3Cc2cccc(C(F)(F)F)c2)C=NC(S(N)(=O)=O)=C1. The van der Waals surface area contributed by atoms with Crippen LogP contribution in [0, 0.1) is 5.82 Å². The predicted molar refractivity (Wildman–Crippen MR) is 134 cm³/mol. The summed E-state index contributed by atoms with van der Waals surface area (Å²) in [5.74, 6) is -0.558. The Bertz CT molecular complexity index is 1410. The number of halogens is 4. The molecule has 0 radical (unpaired) electrons. The zero-order valence-corrected chi connectivity index (χ0v) is 21.6. The zero-order chi connectivity index (χ0) is 27.3. The topological polar surface area (TPSA) is 85.0 Å². The molecule has 0 saturated carbocycles. The Balaban J connectivity index is 1.36. The number of benzene rings is 2. The minimum atomic E-state index is -4.42. The van der Waals surface area contributed by atoms with Crippen molar-refractivity contribution in [2.75, 3.05) is 33.3 Å². The van der Waals surface area contributed by atoms with E-state index >= 15 is 4.39 Å². The minimum absolute atomic E-state index is 0.0214. The number of likely N-dealkylation sites (tertiary alicyclic amines) is 1. The van der Waals surface area contributed by atoms with Gasteiger partial charge in [0, 0.05) is 12.0 Å². The first kappa shape index (κ1) is 26.8. The molecule has 2 aromatic carbocycles. The van der Waals surface area contributed by atoms with E-state index in [1.807, 2.05) is 0 Å². The van der Waals surface area contributed by atoms with Gasteiger partial charge in [-0.3, -0.25) is 9.38 Å². The molecule has 12 heteroatoms. The van der Waals surface area contributed by atoms with Gasteiger partial charge in [0.1, 0.15) is 19.4 Å². The van der Waals surface area contributed by atoms with Crippen molar-refractivity contribution in [3.63, 3.8) is 0 Å². The van der Waals surface area contributed by atoms with Gasteiger partial charge in [0.15, 0.2) is 17.9 Å². The fourth-order valence-corrected chi connectivity index (χ4v) is 5.96. The number of alkyl halides is 3. The zero-order valence-electron chi connectivity index (χ0n) is 20.8. The summed E-state index contributed by atoms with van der Waals surface area (Å²) in [4.78, 5) is 6.16. The third-order valence-electron chi connectivity index (χ3n) is 7.53. The number of quaternary nitrogens is 1. The van der Waals surface area contributed by atoms with Gasteiger partial charge in [0.2, 0.25) is 5.03 Å². The van der Waals surface area contributed by atoms with Crippen LogP contribution in [0.15, 0.2) is 52.6 Å². The summed E-state index contributed by atoms with van der Waals surface area (Å²) in [6, 6.07) is 8.60. The van der Waals surface area contributed by atoms with Crippen molar-refractivity contribution in [2.24, 2.45) is 10.1 Å². The lowest BCUT2D eigenvalue weighted by Gasteiger charge is -2.39. The van der Waals surface area contributed by atoms with E-state index in [9.17, 15) is 21.6 Å². The predicted octanol–water partition coefficient (Wildman–Crippen LogP) is 3.76. The van der Waals surface area contributed by atoms with E-state index in [4.69, 9.17) is 9.88 Å². The van der Waals surface area contributed by atoms with E-state index in [-0.39, 0.29) is 40.4 Å². The second-order valence-electron chi connectivity index (χ2n) is 10.3. The van der Waals surface area contributed by atoms with Gasteiger partial charge in [0.25, 0.3) is 10.0 Å². The number of ether oxygens (including phenoxy) is 1. The standard InChI is InChI=1S/C26H29F4N4O3S/c1-34(15-25(32-16-34)38(31,35)36)8-9-37-24-14-20-18(12-22(24)27)13-23(33-6-3-7-33)21(20)11-17-4-2-5-19(10-17)26(28,29)30/h2,4-5,10,12,14-16,21,23H,3,6-9,11,13H2,1H3,(H2,31,35,36)/q+1. The van der Waals surface area contributed by atoms with Crippen LogP contribution in [-0.2, 0) is 29.0 Å². The summed E-state index contributed by atoms with van der Waals surface area (Å²) in [6.45, 7) is 2.18. The Labute approximate surface area is 218 Å². The van der Waals surface area contributed by atoms with Crippen molar-refractivity contribution in [3.8, 4) is 5.75 Å². The Morgan fingerprint density at radius 1 is 1.21 bits per heavy atom. The van der Waals surface area contributed by atoms with Crippen LogP contribution < -0.4 is 9.88 Å². The number of primary sulfonamides is 1. The molecule has 0 bridgehead atoms. The van der Waals surface area contributed by atoms with Gasteiger partial charge in [-0.15, -0.1) is 0 Å². The van der Waals surface area contributed by atoms with Crippen molar-refractivity contribution in [1.29, 1.82) is 0 Å². The smallest absolute Gasteiger partial charge is 0.416 e. The minimum Gasteiger partial charge on any atom is -0.485 e. The Hall–Kier alpha value is -2.80. The molecule has 204 valence electrons. The van der Waals surface area contributed by atoms with E-state index in [2.05, 4.69) is 9.89 Å². The van der Waals surface area contributed by atoms with E-state index < -0.39 is 27.6 Å². The molecule has 1 fully saturated rings. The molecular weight excluding hydrogens is 524 g/mol. The first-order valence-corrected chi connectivity index (χ1v) is 13.9. The lowest BCUT2D eigenvalue weighted by atomic mass is 9.88. The average Bonchev–Trinajstić information content (AvgIpc) is 3.34. The van der Waals surface area contributed by atoms with Gasteiger partial charge in [-0.25, -0.2) is 17.9 Å². The van der Waals surface area contributed by atoms with Crippen molar-refractivity contribution in [3.05, 3.63) is 75.7 Å². The number of nitrogens with two attached hydrogens (primary N) is 1. The van der Waals surface area contributed by atoms with Crippen LogP contribution >= 0.6 is 0 Å². The van der Waals surface area contributed by atoms with E-state index in [1.165, 1.54) is 30.7 Å². The molecule has 38 heavy (non-hydrogen) atoms. The van der Waals surface area contributed by atoms with Gasteiger partial charge >= 0.3 is 6.18 Å². The maximum atomic E-state index is 15.0. The fourth-order valence-electron chi connectivity index (χ4n) is 5.38. The summed E-state index contributed by atoms with van der Waals surface area (Å²) < 4.78 is 83.8. The van der Waals surface area contributed by atoms with Gasteiger partial charge in [0.05, 0.1) is 12.6 Å². The molecule has 2 aliphatic heterocycles. The number of sulfonamides is 1. The highest BCUT2D eigenvalue weighted by Crippen LogP contribution is 2.43. The Morgan fingerprint density at radius 3 is 2.61 bits per heavy atom. The van der Waals surface area contributed by atoms with Crippen LogP contribution in [0.3, 0.4) is 0 Å². The number of nitrogens with zero attached hydrogens (tertiary/aromatic N) is 3. The van der Waals surface area contributed by atoms with Crippen molar-refractivity contribution < 1.29 is 35.2 Å². The molecule has 0 aromatic heterocycles. The van der Waals surface area contributed by atoms with E-state index in [0.29, 0.717) is 18.4 Å². The number of hydrogen-bond acceptors (Lipinski definition) is 5. The molecule has 5 rings (SSSR count). The molecule has 3 aliphatic rings. The quantitative estimate of drug-likeness (QED) is 0.399. The average molecular weight is 554 g/mol. The number of rotatable bonds is 8. The van der Waals surface area contributed by atoms with Crippen molar-refractivity contribution in [1.82, 2.24) is 4.90 Å². The highest BCUT2D eigenvalue weighted by molar-refractivity contribution is 7.93. The molecule has 1 aliphatic carbocycles. The number of aliphatic imine (C=N–C) groups is 1. The lowest BCUT2D eigenvalue weighted by molar-refractivity contribution is -0.756. The third-order valence-corrected chi connectivity index (χ3v) is 8.33.